The number of carbonyl (C=O) groups excluding carboxylic acids is 1. The largest absolute Gasteiger partial charge is 0.383 e. The lowest BCUT2D eigenvalue weighted by molar-refractivity contribution is -0.118. The number of amides is 1. The Labute approximate surface area is 159 Å². The second kappa shape index (κ2) is 8.48. The van der Waals surface area contributed by atoms with Crippen LogP contribution in [0.2, 0.25) is 0 Å². The Morgan fingerprint density at radius 3 is 2.85 bits per heavy atom. The van der Waals surface area contributed by atoms with E-state index in [0.717, 1.165) is 11.1 Å². The van der Waals surface area contributed by atoms with Crippen molar-refractivity contribution in [2.45, 2.75) is 12.1 Å². The highest BCUT2D eigenvalue weighted by Gasteiger charge is 2.13. The third-order valence-corrected chi connectivity index (χ3v) is 5.50. The fourth-order valence-electron chi connectivity index (χ4n) is 2.42. The van der Waals surface area contributed by atoms with Crippen LogP contribution < -0.4 is 10.9 Å². The number of ether oxygens (including phenoxy) is 1. The summed E-state index contributed by atoms with van der Waals surface area (Å²) in [6.07, 6.45) is 0. The molecule has 0 saturated heterocycles. The Balaban J connectivity index is 1.78. The molecule has 2 aromatic heterocycles. The molecule has 0 aliphatic heterocycles. The number of aromatic amines is 1. The van der Waals surface area contributed by atoms with Crippen molar-refractivity contribution in [1.29, 1.82) is 0 Å². The van der Waals surface area contributed by atoms with Gasteiger partial charge in [0.1, 0.15) is 4.83 Å². The van der Waals surface area contributed by atoms with Crippen molar-refractivity contribution in [1.82, 2.24) is 15.3 Å². The zero-order valence-corrected chi connectivity index (χ0v) is 16.1. The van der Waals surface area contributed by atoms with Crippen LogP contribution in [0.15, 0.2) is 39.6 Å². The van der Waals surface area contributed by atoms with Crippen LogP contribution in [0, 0.1) is 6.92 Å². The zero-order chi connectivity index (χ0) is 18.5. The van der Waals surface area contributed by atoms with E-state index in [2.05, 4.69) is 15.3 Å². The number of nitrogens with one attached hydrogen (secondary N) is 2. The number of aromatic nitrogens is 2. The normalized spacial score (nSPS) is 11.0. The topological polar surface area (TPSA) is 84.1 Å². The van der Waals surface area contributed by atoms with Gasteiger partial charge in [-0.15, -0.1) is 11.3 Å². The standard InChI is InChI=1S/C18H19N3O3S2/c1-11-3-5-12(6-4-11)13-9-25-17-15(13)16(23)20-18(21-17)26-10-14(22)19-7-8-24-2/h3-6,9H,7-8,10H2,1-2H3,(H,19,22)(H,20,21,23). The van der Waals surface area contributed by atoms with E-state index >= 15 is 0 Å². The van der Waals surface area contributed by atoms with Crippen molar-refractivity contribution in [3.63, 3.8) is 0 Å². The third kappa shape index (κ3) is 4.32. The average molecular weight is 390 g/mol. The van der Waals surface area contributed by atoms with E-state index in [1.54, 1.807) is 7.11 Å². The molecule has 0 radical (unpaired) electrons. The number of fused-ring (bicyclic) bond motifs is 1. The van der Waals surface area contributed by atoms with Crippen LogP contribution in [-0.4, -0.2) is 41.9 Å². The number of hydrogen-bond donors (Lipinski definition) is 2. The summed E-state index contributed by atoms with van der Waals surface area (Å²) in [4.78, 5) is 32.3. The molecule has 3 rings (SSSR count). The number of carbonyl (C=O) groups is 1. The second-order valence-electron chi connectivity index (χ2n) is 5.70. The lowest BCUT2D eigenvalue weighted by Crippen LogP contribution is -2.28. The van der Waals surface area contributed by atoms with Gasteiger partial charge in [0.2, 0.25) is 5.91 Å². The smallest absolute Gasteiger partial charge is 0.260 e. The number of benzene rings is 1. The molecule has 1 aromatic carbocycles. The highest BCUT2D eigenvalue weighted by Crippen LogP contribution is 2.31. The number of nitrogens with zero attached hydrogens (tertiary/aromatic N) is 1. The highest BCUT2D eigenvalue weighted by atomic mass is 32.2. The Bertz CT molecular complexity index is 964. The van der Waals surface area contributed by atoms with E-state index in [1.165, 1.54) is 28.7 Å². The molecule has 0 atom stereocenters. The van der Waals surface area contributed by atoms with Crippen LogP contribution in [0.4, 0.5) is 0 Å². The molecule has 136 valence electrons. The molecular formula is C18H19N3O3S2. The molecule has 2 heterocycles. The molecule has 0 saturated carbocycles. The number of rotatable bonds is 7. The minimum Gasteiger partial charge on any atom is -0.383 e. The van der Waals surface area contributed by atoms with Gasteiger partial charge in [0.15, 0.2) is 5.16 Å². The Morgan fingerprint density at radius 2 is 2.12 bits per heavy atom. The van der Waals surface area contributed by atoms with Crippen molar-refractivity contribution in [3.05, 3.63) is 45.6 Å². The molecule has 0 fully saturated rings. The molecule has 0 aliphatic rings. The SMILES string of the molecule is COCCNC(=O)CSc1nc2scc(-c3ccc(C)cc3)c2c(=O)[nH]1. The molecule has 0 spiro atoms. The molecular weight excluding hydrogens is 370 g/mol. The van der Waals surface area contributed by atoms with Crippen molar-refractivity contribution in [2.75, 3.05) is 26.0 Å². The first kappa shape index (κ1) is 18.6. The first-order chi connectivity index (χ1) is 12.6. The van der Waals surface area contributed by atoms with E-state index < -0.39 is 0 Å². The number of thioether (sulfide) groups is 1. The number of thiophene rings is 1. The Morgan fingerprint density at radius 1 is 1.35 bits per heavy atom. The lowest BCUT2D eigenvalue weighted by atomic mass is 10.1. The maximum absolute atomic E-state index is 12.6. The summed E-state index contributed by atoms with van der Waals surface area (Å²) in [6, 6.07) is 8.05. The third-order valence-electron chi connectivity index (χ3n) is 3.75. The van der Waals surface area contributed by atoms with E-state index in [-0.39, 0.29) is 17.2 Å². The van der Waals surface area contributed by atoms with Gasteiger partial charge in [-0.25, -0.2) is 4.98 Å². The van der Waals surface area contributed by atoms with Gasteiger partial charge in [-0.2, -0.15) is 0 Å². The van der Waals surface area contributed by atoms with Gasteiger partial charge in [-0.05, 0) is 12.5 Å². The number of methoxy groups -OCH3 is 1. The molecule has 3 aromatic rings. The monoisotopic (exact) mass is 389 g/mol. The fourth-order valence-corrected chi connectivity index (χ4v) is 4.12. The summed E-state index contributed by atoms with van der Waals surface area (Å²) >= 11 is 2.64. The van der Waals surface area contributed by atoms with Crippen molar-refractivity contribution in [3.8, 4) is 11.1 Å². The van der Waals surface area contributed by atoms with Gasteiger partial charge in [-0.1, -0.05) is 41.6 Å². The predicted molar refractivity (Wildman–Crippen MR) is 106 cm³/mol. The molecule has 2 N–H and O–H groups in total. The Hall–Kier alpha value is -2.16. The van der Waals surface area contributed by atoms with Gasteiger partial charge in [0, 0.05) is 24.6 Å². The van der Waals surface area contributed by atoms with Gasteiger partial charge in [0.25, 0.3) is 5.56 Å². The summed E-state index contributed by atoms with van der Waals surface area (Å²) < 4.78 is 4.88. The summed E-state index contributed by atoms with van der Waals surface area (Å²) in [5.74, 6) is 0.0651. The van der Waals surface area contributed by atoms with Crippen molar-refractivity contribution >= 4 is 39.2 Å². The number of H-pyrrole nitrogens is 1. The quantitative estimate of drug-likeness (QED) is 0.369. The predicted octanol–water partition coefficient (Wildman–Crippen LogP) is 2.81. The van der Waals surface area contributed by atoms with Crippen molar-refractivity contribution in [2.24, 2.45) is 0 Å². The number of aryl methyl sites for hydroxylation is 1. The molecule has 26 heavy (non-hydrogen) atoms. The molecule has 0 unspecified atom stereocenters. The first-order valence-electron chi connectivity index (χ1n) is 8.05. The Kier molecular flexibility index (Phi) is 6.08. The van der Waals surface area contributed by atoms with Crippen molar-refractivity contribution < 1.29 is 9.53 Å². The molecule has 8 heteroatoms. The first-order valence-corrected chi connectivity index (χ1v) is 9.92. The van der Waals surface area contributed by atoms with Crippen LogP contribution >= 0.6 is 23.1 Å². The number of hydrogen-bond acceptors (Lipinski definition) is 6. The van der Waals surface area contributed by atoms with Crippen LogP contribution in [0.3, 0.4) is 0 Å². The maximum Gasteiger partial charge on any atom is 0.260 e. The zero-order valence-electron chi connectivity index (χ0n) is 14.5. The average Bonchev–Trinajstić information content (AvgIpc) is 3.05. The van der Waals surface area contributed by atoms with E-state index in [4.69, 9.17) is 4.74 Å². The summed E-state index contributed by atoms with van der Waals surface area (Å²) in [5, 5.41) is 5.72. The maximum atomic E-state index is 12.6. The van der Waals surface area contributed by atoms with E-state index in [1.807, 2.05) is 36.6 Å². The van der Waals surface area contributed by atoms with Crippen LogP contribution in [0.1, 0.15) is 5.56 Å². The lowest BCUT2D eigenvalue weighted by Gasteiger charge is -2.04. The van der Waals surface area contributed by atoms with Gasteiger partial charge < -0.3 is 15.0 Å². The fraction of sp³-hybridized carbons (Fsp3) is 0.278. The molecule has 0 aliphatic carbocycles. The van der Waals surface area contributed by atoms with E-state index in [0.29, 0.717) is 28.5 Å². The van der Waals surface area contributed by atoms with Gasteiger partial charge in [0.05, 0.1) is 17.7 Å². The van der Waals surface area contributed by atoms with Crippen LogP contribution in [0.25, 0.3) is 21.3 Å². The van der Waals surface area contributed by atoms with Gasteiger partial charge in [-0.3, -0.25) is 9.59 Å². The molecule has 1 amide bonds. The minimum atomic E-state index is -0.186. The van der Waals surface area contributed by atoms with E-state index in [9.17, 15) is 9.59 Å². The van der Waals surface area contributed by atoms with Gasteiger partial charge >= 0.3 is 0 Å². The second-order valence-corrected chi connectivity index (χ2v) is 7.52. The van der Waals surface area contributed by atoms with Crippen LogP contribution in [0.5, 0.6) is 0 Å². The summed E-state index contributed by atoms with van der Waals surface area (Å²) in [6.45, 7) is 2.96. The highest BCUT2D eigenvalue weighted by molar-refractivity contribution is 7.99. The summed E-state index contributed by atoms with van der Waals surface area (Å²) in [7, 11) is 1.58. The molecule has 0 bridgehead atoms. The molecule has 6 nitrogen and oxygen atoms in total. The minimum absolute atomic E-state index is 0.124. The summed E-state index contributed by atoms with van der Waals surface area (Å²) in [5.41, 5.74) is 2.86. The van der Waals surface area contributed by atoms with Crippen LogP contribution in [-0.2, 0) is 9.53 Å².